The van der Waals surface area contributed by atoms with Gasteiger partial charge in [0.1, 0.15) is 5.75 Å². The number of halogens is 1. The number of amides is 1. The van der Waals surface area contributed by atoms with E-state index in [1.165, 1.54) is 11.1 Å². The molecule has 0 atom stereocenters. The first kappa shape index (κ1) is 15.2. The zero-order chi connectivity index (χ0) is 16.6. The van der Waals surface area contributed by atoms with Crippen LogP contribution in [0, 0.1) is 6.92 Å². The van der Waals surface area contributed by atoms with Crippen LogP contribution in [0.25, 0.3) is 10.9 Å². The van der Waals surface area contributed by atoms with Gasteiger partial charge in [0.25, 0.3) is 5.91 Å². The fourth-order valence-corrected chi connectivity index (χ4v) is 2.43. The maximum absolute atomic E-state index is 12.7. The number of pyridine rings is 1. The van der Waals surface area contributed by atoms with Gasteiger partial charge in [-0.3, -0.25) is 9.78 Å². The Labute approximate surface area is 136 Å². The fourth-order valence-electron chi connectivity index (χ4n) is 2.26. The highest BCUT2D eigenvalue weighted by Gasteiger charge is 2.21. The van der Waals surface area contributed by atoms with Crippen LogP contribution in [0.1, 0.15) is 22.1 Å². The molecule has 0 bridgehead atoms. The van der Waals surface area contributed by atoms with Crippen LogP contribution in [0.2, 0.25) is 5.02 Å². The molecule has 0 fully saturated rings. The quantitative estimate of drug-likeness (QED) is 0.792. The summed E-state index contributed by atoms with van der Waals surface area (Å²) in [6.07, 6.45) is 1.25. The SMILES string of the molecule is Cc1nc(CN(C)C(=O)c2c(O)cnc3ccc(Cl)cc23)no1. The van der Waals surface area contributed by atoms with Crippen molar-refractivity contribution in [3.8, 4) is 5.75 Å². The average molecular weight is 333 g/mol. The summed E-state index contributed by atoms with van der Waals surface area (Å²) in [5.74, 6) is 0.208. The third-order valence-corrected chi connectivity index (χ3v) is 3.55. The maximum Gasteiger partial charge on any atom is 0.258 e. The zero-order valence-electron chi connectivity index (χ0n) is 12.4. The minimum absolute atomic E-state index is 0.139. The largest absolute Gasteiger partial charge is 0.505 e. The summed E-state index contributed by atoms with van der Waals surface area (Å²) in [6, 6.07) is 4.97. The standard InChI is InChI=1S/C15H13ClN4O3/c1-8-18-13(19-23-8)7-20(2)15(22)14-10-5-9(16)3-4-11(10)17-6-12(14)21/h3-6,21H,7H2,1-2H3. The van der Waals surface area contributed by atoms with Crippen LogP contribution in [-0.4, -0.2) is 38.1 Å². The lowest BCUT2D eigenvalue weighted by molar-refractivity contribution is 0.0779. The summed E-state index contributed by atoms with van der Waals surface area (Å²) in [6.45, 7) is 1.82. The Balaban J connectivity index is 1.99. The lowest BCUT2D eigenvalue weighted by Crippen LogP contribution is -2.27. The molecule has 0 aliphatic rings. The number of fused-ring (bicyclic) bond motifs is 1. The van der Waals surface area contributed by atoms with E-state index in [4.69, 9.17) is 16.1 Å². The van der Waals surface area contributed by atoms with Gasteiger partial charge in [0.05, 0.1) is 23.8 Å². The van der Waals surface area contributed by atoms with Crippen molar-refractivity contribution < 1.29 is 14.4 Å². The van der Waals surface area contributed by atoms with Crippen molar-refractivity contribution in [2.75, 3.05) is 7.05 Å². The second-order valence-electron chi connectivity index (χ2n) is 5.07. The third-order valence-electron chi connectivity index (χ3n) is 3.32. The van der Waals surface area contributed by atoms with E-state index in [2.05, 4.69) is 15.1 Å². The Bertz CT molecular complexity index is 888. The van der Waals surface area contributed by atoms with E-state index in [9.17, 15) is 9.90 Å². The Hall–Kier alpha value is -2.67. The Morgan fingerprint density at radius 2 is 2.22 bits per heavy atom. The molecule has 2 heterocycles. The van der Waals surface area contributed by atoms with Crippen molar-refractivity contribution in [3.63, 3.8) is 0 Å². The number of nitrogens with zero attached hydrogens (tertiary/aromatic N) is 4. The molecule has 0 saturated carbocycles. The molecule has 2 aromatic heterocycles. The number of benzene rings is 1. The van der Waals surface area contributed by atoms with Gasteiger partial charge < -0.3 is 14.5 Å². The molecule has 0 aliphatic carbocycles. The van der Waals surface area contributed by atoms with E-state index in [0.29, 0.717) is 27.6 Å². The summed E-state index contributed by atoms with van der Waals surface area (Å²) in [4.78, 5) is 22.2. The highest BCUT2D eigenvalue weighted by atomic mass is 35.5. The van der Waals surface area contributed by atoms with Gasteiger partial charge in [-0.15, -0.1) is 0 Å². The van der Waals surface area contributed by atoms with Crippen LogP contribution in [0.5, 0.6) is 5.75 Å². The van der Waals surface area contributed by atoms with Crippen molar-refractivity contribution >= 4 is 28.4 Å². The summed E-state index contributed by atoms with van der Waals surface area (Å²) < 4.78 is 4.88. The summed E-state index contributed by atoms with van der Waals surface area (Å²) in [5.41, 5.74) is 0.708. The second-order valence-corrected chi connectivity index (χ2v) is 5.51. The molecule has 0 unspecified atom stereocenters. The van der Waals surface area contributed by atoms with Gasteiger partial charge in [-0.1, -0.05) is 16.8 Å². The molecular weight excluding hydrogens is 320 g/mol. The van der Waals surface area contributed by atoms with E-state index < -0.39 is 0 Å². The van der Waals surface area contributed by atoms with Gasteiger partial charge in [-0.25, -0.2) is 0 Å². The normalized spacial score (nSPS) is 10.9. The molecule has 3 aromatic rings. The van der Waals surface area contributed by atoms with E-state index in [1.54, 1.807) is 32.2 Å². The van der Waals surface area contributed by atoms with Crippen LogP contribution < -0.4 is 0 Å². The molecular formula is C15H13ClN4O3. The van der Waals surface area contributed by atoms with Gasteiger partial charge in [0.15, 0.2) is 5.82 Å². The van der Waals surface area contributed by atoms with E-state index in [1.807, 2.05) is 0 Å². The van der Waals surface area contributed by atoms with Crippen molar-refractivity contribution in [3.05, 3.63) is 46.7 Å². The van der Waals surface area contributed by atoms with Crippen LogP contribution in [-0.2, 0) is 6.54 Å². The zero-order valence-corrected chi connectivity index (χ0v) is 13.2. The van der Waals surface area contributed by atoms with E-state index in [0.717, 1.165) is 0 Å². The number of hydrogen-bond donors (Lipinski definition) is 1. The first-order valence-corrected chi connectivity index (χ1v) is 7.15. The topological polar surface area (TPSA) is 92.4 Å². The van der Waals surface area contributed by atoms with Crippen molar-refractivity contribution in [2.45, 2.75) is 13.5 Å². The predicted octanol–water partition coefficient (Wildman–Crippen LogP) is 2.56. The highest BCUT2D eigenvalue weighted by Crippen LogP contribution is 2.28. The maximum atomic E-state index is 12.7. The minimum Gasteiger partial charge on any atom is -0.505 e. The van der Waals surface area contributed by atoms with Crippen LogP contribution in [0.4, 0.5) is 0 Å². The molecule has 7 nitrogen and oxygen atoms in total. The fraction of sp³-hybridized carbons (Fsp3) is 0.200. The molecule has 1 amide bonds. The second kappa shape index (κ2) is 5.85. The first-order valence-electron chi connectivity index (χ1n) is 6.77. The average Bonchev–Trinajstić information content (AvgIpc) is 2.91. The molecule has 1 aromatic carbocycles. The Kier molecular flexibility index (Phi) is 3.87. The summed E-state index contributed by atoms with van der Waals surface area (Å²) in [7, 11) is 1.59. The van der Waals surface area contributed by atoms with Gasteiger partial charge >= 0.3 is 0 Å². The van der Waals surface area contributed by atoms with Gasteiger partial charge in [-0.2, -0.15) is 4.98 Å². The van der Waals surface area contributed by atoms with E-state index in [-0.39, 0.29) is 23.8 Å². The number of aryl methyl sites for hydroxylation is 1. The number of hydrogen-bond acceptors (Lipinski definition) is 6. The first-order chi connectivity index (χ1) is 11.0. The number of aromatic hydroxyl groups is 1. The smallest absolute Gasteiger partial charge is 0.258 e. The molecule has 0 saturated heterocycles. The minimum atomic E-state index is -0.389. The Morgan fingerprint density at radius 1 is 1.43 bits per heavy atom. The summed E-state index contributed by atoms with van der Waals surface area (Å²) in [5, 5.41) is 14.8. The Morgan fingerprint density at radius 3 is 2.91 bits per heavy atom. The number of carbonyl (C=O) groups excluding carboxylic acids is 1. The van der Waals surface area contributed by atoms with Gasteiger partial charge in [0.2, 0.25) is 5.89 Å². The molecule has 23 heavy (non-hydrogen) atoms. The van der Waals surface area contributed by atoms with Crippen LogP contribution >= 0.6 is 11.6 Å². The molecule has 0 radical (unpaired) electrons. The number of rotatable bonds is 3. The molecule has 118 valence electrons. The molecule has 1 N–H and O–H groups in total. The van der Waals surface area contributed by atoms with Crippen molar-refractivity contribution in [1.82, 2.24) is 20.0 Å². The number of aromatic nitrogens is 3. The molecule has 0 spiro atoms. The van der Waals surface area contributed by atoms with Crippen LogP contribution in [0.15, 0.2) is 28.9 Å². The van der Waals surface area contributed by atoms with Crippen molar-refractivity contribution in [1.29, 1.82) is 0 Å². The van der Waals surface area contributed by atoms with Crippen LogP contribution in [0.3, 0.4) is 0 Å². The van der Waals surface area contributed by atoms with Gasteiger partial charge in [-0.05, 0) is 18.2 Å². The lowest BCUT2D eigenvalue weighted by Gasteiger charge is -2.17. The summed E-state index contributed by atoms with van der Waals surface area (Å²) >= 11 is 5.99. The van der Waals surface area contributed by atoms with E-state index >= 15 is 0 Å². The monoisotopic (exact) mass is 332 g/mol. The number of carbonyl (C=O) groups is 1. The molecule has 0 aliphatic heterocycles. The van der Waals surface area contributed by atoms with Crippen molar-refractivity contribution in [2.24, 2.45) is 0 Å². The highest BCUT2D eigenvalue weighted by molar-refractivity contribution is 6.31. The predicted molar refractivity (Wildman–Crippen MR) is 83.3 cm³/mol. The van der Waals surface area contributed by atoms with Gasteiger partial charge in [0, 0.05) is 24.4 Å². The molecule has 3 rings (SSSR count). The molecule has 8 heteroatoms. The lowest BCUT2D eigenvalue weighted by atomic mass is 10.1. The third kappa shape index (κ3) is 2.95.